The first-order valence-electron chi connectivity index (χ1n) is 7.30. The Morgan fingerprint density at radius 3 is 2.86 bits per heavy atom. The number of benzene rings is 1. The van der Waals surface area contributed by atoms with Gasteiger partial charge in [-0.15, -0.1) is 0 Å². The Bertz CT molecular complexity index is 469. The fourth-order valence-corrected chi connectivity index (χ4v) is 2.53. The van der Waals surface area contributed by atoms with Gasteiger partial charge in [-0.1, -0.05) is 12.1 Å². The number of carbonyl (C=O) groups is 1. The van der Waals surface area contributed by atoms with Gasteiger partial charge in [-0.3, -0.25) is 4.79 Å². The minimum atomic E-state index is -0.510. The number of aliphatic hydroxyl groups excluding tert-OH is 1. The van der Waals surface area contributed by atoms with Crippen LogP contribution in [0.2, 0.25) is 0 Å². The van der Waals surface area contributed by atoms with Crippen molar-refractivity contribution in [3.63, 3.8) is 0 Å². The third kappa shape index (κ3) is 4.44. The van der Waals surface area contributed by atoms with Crippen molar-refractivity contribution in [2.24, 2.45) is 0 Å². The molecule has 116 valence electrons. The van der Waals surface area contributed by atoms with Gasteiger partial charge in [0.2, 0.25) is 5.91 Å². The standard InChI is InChI=1S/C16H23NO4/c1-20-14-4-2-3-13(11-14)5-6-15(19)17-16(12-18)7-9-21-10-8-16/h2-4,11,18H,5-10,12H2,1H3,(H,17,19). The second-order valence-corrected chi connectivity index (χ2v) is 5.45. The van der Waals surface area contributed by atoms with Crippen LogP contribution in [0.1, 0.15) is 24.8 Å². The van der Waals surface area contributed by atoms with E-state index in [0.717, 1.165) is 11.3 Å². The van der Waals surface area contributed by atoms with Crippen LogP contribution in [0.25, 0.3) is 0 Å². The first kappa shape index (κ1) is 15.8. The summed E-state index contributed by atoms with van der Waals surface area (Å²) in [4.78, 5) is 12.1. The third-order valence-electron chi connectivity index (χ3n) is 3.93. The summed E-state index contributed by atoms with van der Waals surface area (Å²) in [6.45, 7) is 1.12. The van der Waals surface area contributed by atoms with E-state index in [2.05, 4.69) is 5.32 Å². The number of amides is 1. The van der Waals surface area contributed by atoms with Crippen molar-refractivity contribution in [3.05, 3.63) is 29.8 Å². The van der Waals surface area contributed by atoms with E-state index in [0.29, 0.717) is 38.9 Å². The molecule has 2 rings (SSSR count). The highest BCUT2D eigenvalue weighted by Crippen LogP contribution is 2.20. The lowest BCUT2D eigenvalue weighted by atomic mass is 9.90. The monoisotopic (exact) mass is 293 g/mol. The second kappa shape index (κ2) is 7.43. The number of hydrogen-bond donors (Lipinski definition) is 2. The lowest BCUT2D eigenvalue weighted by Gasteiger charge is -2.36. The van der Waals surface area contributed by atoms with Crippen LogP contribution in [0.5, 0.6) is 5.75 Å². The molecule has 1 heterocycles. The molecule has 0 unspecified atom stereocenters. The maximum atomic E-state index is 12.1. The van der Waals surface area contributed by atoms with Gasteiger partial charge in [-0.05, 0) is 37.0 Å². The molecule has 0 bridgehead atoms. The lowest BCUT2D eigenvalue weighted by Crippen LogP contribution is -2.54. The predicted octanol–water partition coefficient (Wildman–Crippen LogP) is 1.29. The number of nitrogens with one attached hydrogen (secondary N) is 1. The van der Waals surface area contributed by atoms with Crippen LogP contribution in [0.15, 0.2) is 24.3 Å². The molecular formula is C16H23NO4. The van der Waals surface area contributed by atoms with Gasteiger partial charge < -0.3 is 19.9 Å². The maximum absolute atomic E-state index is 12.1. The second-order valence-electron chi connectivity index (χ2n) is 5.45. The SMILES string of the molecule is COc1cccc(CCC(=O)NC2(CO)CCOCC2)c1. The molecular weight excluding hydrogens is 270 g/mol. The average molecular weight is 293 g/mol. The highest BCUT2D eigenvalue weighted by Gasteiger charge is 2.33. The molecule has 1 aliphatic rings. The highest BCUT2D eigenvalue weighted by atomic mass is 16.5. The number of hydrogen-bond acceptors (Lipinski definition) is 4. The number of rotatable bonds is 6. The minimum Gasteiger partial charge on any atom is -0.497 e. The zero-order chi connectivity index (χ0) is 15.1. The Kier molecular flexibility index (Phi) is 5.59. The third-order valence-corrected chi connectivity index (χ3v) is 3.93. The topological polar surface area (TPSA) is 67.8 Å². The van der Waals surface area contributed by atoms with Crippen LogP contribution in [-0.4, -0.2) is 43.5 Å². The maximum Gasteiger partial charge on any atom is 0.220 e. The van der Waals surface area contributed by atoms with Gasteiger partial charge in [0.25, 0.3) is 0 Å². The van der Waals surface area contributed by atoms with Crippen LogP contribution in [0, 0.1) is 0 Å². The van der Waals surface area contributed by atoms with Gasteiger partial charge >= 0.3 is 0 Å². The van der Waals surface area contributed by atoms with E-state index in [9.17, 15) is 9.90 Å². The molecule has 0 aromatic heterocycles. The van der Waals surface area contributed by atoms with Crippen molar-refractivity contribution < 1.29 is 19.4 Å². The fourth-order valence-electron chi connectivity index (χ4n) is 2.53. The quantitative estimate of drug-likeness (QED) is 0.829. The van der Waals surface area contributed by atoms with Crippen molar-refractivity contribution in [1.82, 2.24) is 5.32 Å². The molecule has 1 aromatic rings. The number of methoxy groups -OCH3 is 1. The van der Waals surface area contributed by atoms with E-state index in [1.165, 1.54) is 0 Å². The molecule has 1 fully saturated rings. The Hall–Kier alpha value is -1.59. The van der Waals surface area contributed by atoms with Gasteiger partial charge in [0.1, 0.15) is 5.75 Å². The fraction of sp³-hybridized carbons (Fsp3) is 0.562. The summed E-state index contributed by atoms with van der Waals surface area (Å²) in [5, 5.41) is 12.5. The summed E-state index contributed by atoms with van der Waals surface area (Å²) >= 11 is 0. The molecule has 5 heteroatoms. The summed E-state index contributed by atoms with van der Waals surface area (Å²) in [7, 11) is 1.63. The van der Waals surface area contributed by atoms with Gasteiger partial charge in [-0.2, -0.15) is 0 Å². The minimum absolute atomic E-state index is 0.0335. The summed E-state index contributed by atoms with van der Waals surface area (Å²) in [6.07, 6.45) is 2.37. The van der Waals surface area contributed by atoms with Crippen molar-refractivity contribution >= 4 is 5.91 Å². The Morgan fingerprint density at radius 2 is 2.19 bits per heavy atom. The van der Waals surface area contributed by atoms with E-state index in [-0.39, 0.29) is 12.5 Å². The van der Waals surface area contributed by atoms with Crippen LogP contribution >= 0.6 is 0 Å². The summed E-state index contributed by atoms with van der Waals surface area (Å²) in [5.74, 6) is 0.762. The zero-order valence-corrected chi connectivity index (χ0v) is 12.4. The molecule has 0 radical (unpaired) electrons. The number of aryl methyl sites for hydroxylation is 1. The normalized spacial score (nSPS) is 17.2. The van der Waals surface area contributed by atoms with E-state index >= 15 is 0 Å². The molecule has 2 N–H and O–H groups in total. The summed E-state index contributed by atoms with van der Waals surface area (Å²) in [5.41, 5.74) is 0.554. The molecule has 0 atom stereocenters. The summed E-state index contributed by atoms with van der Waals surface area (Å²) in [6, 6.07) is 7.71. The average Bonchev–Trinajstić information content (AvgIpc) is 2.54. The van der Waals surface area contributed by atoms with Gasteiger partial charge in [0.15, 0.2) is 0 Å². The van der Waals surface area contributed by atoms with E-state index < -0.39 is 5.54 Å². The van der Waals surface area contributed by atoms with Gasteiger partial charge in [-0.25, -0.2) is 0 Å². The summed E-state index contributed by atoms with van der Waals surface area (Å²) < 4.78 is 10.5. The molecule has 0 aliphatic carbocycles. The van der Waals surface area contributed by atoms with Crippen molar-refractivity contribution in [1.29, 1.82) is 0 Å². The largest absolute Gasteiger partial charge is 0.497 e. The Morgan fingerprint density at radius 1 is 1.43 bits per heavy atom. The van der Waals surface area contributed by atoms with Crippen LogP contribution in [0.3, 0.4) is 0 Å². The van der Waals surface area contributed by atoms with Crippen LogP contribution in [-0.2, 0) is 16.0 Å². The lowest BCUT2D eigenvalue weighted by molar-refractivity contribution is -0.125. The van der Waals surface area contributed by atoms with Crippen molar-refractivity contribution in [2.45, 2.75) is 31.2 Å². The van der Waals surface area contributed by atoms with E-state index in [1.807, 2.05) is 24.3 Å². The molecule has 0 spiro atoms. The Balaban J connectivity index is 1.86. The molecule has 0 saturated carbocycles. The molecule has 1 saturated heterocycles. The smallest absolute Gasteiger partial charge is 0.220 e. The molecule has 5 nitrogen and oxygen atoms in total. The number of ether oxygens (including phenoxy) is 2. The first-order chi connectivity index (χ1) is 10.2. The van der Waals surface area contributed by atoms with E-state index in [1.54, 1.807) is 7.11 Å². The van der Waals surface area contributed by atoms with Crippen LogP contribution in [0.4, 0.5) is 0 Å². The number of aliphatic hydroxyl groups is 1. The van der Waals surface area contributed by atoms with E-state index in [4.69, 9.17) is 9.47 Å². The van der Waals surface area contributed by atoms with Gasteiger partial charge in [0.05, 0.1) is 19.3 Å². The van der Waals surface area contributed by atoms with Crippen LogP contribution < -0.4 is 10.1 Å². The Labute approximate surface area is 125 Å². The highest BCUT2D eigenvalue weighted by molar-refractivity contribution is 5.77. The van der Waals surface area contributed by atoms with Gasteiger partial charge in [0, 0.05) is 19.6 Å². The predicted molar refractivity (Wildman–Crippen MR) is 79.3 cm³/mol. The molecule has 1 aliphatic heterocycles. The molecule has 1 amide bonds. The first-order valence-corrected chi connectivity index (χ1v) is 7.30. The zero-order valence-electron chi connectivity index (χ0n) is 12.4. The molecule has 1 aromatic carbocycles. The molecule has 21 heavy (non-hydrogen) atoms. The van der Waals surface area contributed by atoms with Crippen molar-refractivity contribution in [2.75, 3.05) is 26.9 Å². The van der Waals surface area contributed by atoms with Crippen molar-refractivity contribution in [3.8, 4) is 5.75 Å². The number of carbonyl (C=O) groups excluding carboxylic acids is 1.